The van der Waals surface area contributed by atoms with E-state index in [4.69, 9.17) is 0 Å². The SMILES string of the molecule is CC(=O)CC(=O)C1=C(C)SC(=C2SC(C)=C(C)S2)S1. The van der Waals surface area contributed by atoms with E-state index in [1.807, 2.05) is 6.92 Å². The number of carbonyl (C=O) groups is 2. The van der Waals surface area contributed by atoms with E-state index in [0.717, 1.165) is 9.81 Å². The van der Waals surface area contributed by atoms with Gasteiger partial charge in [-0.15, -0.1) is 0 Å². The van der Waals surface area contributed by atoms with Gasteiger partial charge in [0.15, 0.2) is 5.78 Å². The first kappa shape index (κ1) is 15.4. The average molecular weight is 331 g/mol. The molecule has 0 radical (unpaired) electrons. The number of hydrogen-bond acceptors (Lipinski definition) is 6. The highest BCUT2D eigenvalue weighted by Crippen LogP contribution is 2.59. The van der Waals surface area contributed by atoms with Gasteiger partial charge >= 0.3 is 0 Å². The molecule has 0 aromatic heterocycles. The molecule has 0 unspecified atom stereocenters. The summed E-state index contributed by atoms with van der Waals surface area (Å²) in [4.78, 5) is 27.5. The van der Waals surface area contributed by atoms with Crippen molar-refractivity contribution >= 4 is 58.6 Å². The van der Waals surface area contributed by atoms with Crippen molar-refractivity contribution in [3.05, 3.63) is 28.1 Å². The molecule has 0 aromatic rings. The van der Waals surface area contributed by atoms with E-state index < -0.39 is 0 Å². The van der Waals surface area contributed by atoms with Crippen LogP contribution in [0.1, 0.15) is 34.1 Å². The van der Waals surface area contributed by atoms with Crippen molar-refractivity contribution in [2.75, 3.05) is 0 Å². The van der Waals surface area contributed by atoms with Crippen molar-refractivity contribution in [2.45, 2.75) is 34.1 Å². The van der Waals surface area contributed by atoms with Crippen LogP contribution in [0.25, 0.3) is 0 Å². The van der Waals surface area contributed by atoms with Gasteiger partial charge in [-0.1, -0.05) is 47.0 Å². The van der Waals surface area contributed by atoms with E-state index in [9.17, 15) is 9.59 Å². The smallest absolute Gasteiger partial charge is 0.177 e. The van der Waals surface area contributed by atoms with Crippen molar-refractivity contribution in [3.63, 3.8) is 0 Å². The maximum absolute atomic E-state index is 12.0. The van der Waals surface area contributed by atoms with Crippen LogP contribution in [0.5, 0.6) is 0 Å². The fourth-order valence-electron chi connectivity index (χ4n) is 1.54. The zero-order valence-corrected chi connectivity index (χ0v) is 14.4. The third-order valence-electron chi connectivity index (χ3n) is 2.58. The minimum absolute atomic E-state index is 0.0133. The lowest BCUT2D eigenvalue weighted by Crippen LogP contribution is -2.05. The Kier molecular flexibility index (Phi) is 4.98. The molecule has 0 bridgehead atoms. The molecule has 2 rings (SSSR count). The third-order valence-corrected chi connectivity index (χ3v) is 8.38. The molecule has 2 aliphatic heterocycles. The second-order valence-corrected chi connectivity index (χ2v) is 9.49. The van der Waals surface area contributed by atoms with Crippen LogP contribution in [0.4, 0.5) is 0 Å². The van der Waals surface area contributed by atoms with E-state index in [2.05, 4.69) is 13.8 Å². The molecule has 0 N–H and O–H groups in total. The molecule has 2 nitrogen and oxygen atoms in total. The molecular formula is C13H14O2S4. The van der Waals surface area contributed by atoms with Gasteiger partial charge in [0, 0.05) is 4.91 Å². The number of carbonyl (C=O) groups excluding carboxylic acids is 2. The Hall–Kier alpha value is -0.0400. The van der Waals surface area contributed by atoms with Gasteiger partial charge in [0.25, 0.3) is 0 Å². The van der Waals surface area contributed by atoms with Crippen LogP contribution in [-0.2, 0) is 9.59 Å². The first-order chi connectivity index (χ1) is 8.88. The fraction of sp³-hybridized carbons (Fsp3) is 0.385. The highest BCUT2D eigenvalue weighted by Gasteiger charge is 2.29. The summed E-state index contributed by atoms with van der Waals surface area (Å²) in [5.41, 5.74) is 0. The van der Waals surface area contributed by atoms with Crippen LogP contribution in [0.3, 0.4) is 0 Å². The summed E-state index contributed by atoms with van der Waals surface area (Å²) in [6.45, 7) is 7.65. The second kappa shape index (κ2) is 6.16. The van der Waals surface area contributed by atoms with Gasteiger partial charge in [-0.05, 0) is 37.5 Å². The highest BCUT2D eigenvalue weighted by atomic mass is 32.2. The lowest BCUT2D eigenvalue weighted by Gasteiger charge is -2.02. The van der Waals surface area contributed by atoms with E-state index in [1.54, 1.807) is 35.3 Å². The molecule has 102 valence electrons. The van der Waals surface area contributed by atoms with Crippen molar-refractivity contribution in [2.24, 2.45) is 0 Å². The first-order valence-electron chi connectivity index (χ1n) is 5.75. The molecule has 0 spiro atoms. The molecule has 0 saturated heterocycles. The fourth-order valence-corrected chi connectivity index (χ4v) is 6.92. The quantitative estimate of drug-likeness (QED) is 0.669. The van der Waals surface area contributed by atoms with Gasteiger partial charge in [-0.25, -0.2) is 0 Å². The summed E-state index contributed by atoms with van der Waals surface area (Å²) < 4.78 is 2.44. The largest absolute Gasteiger partial charge is 0.300 e. The van der Waals surface area contributed by atoms with Crippen molar-refractivity contribution < 1.29 is 9.59 Å². The Labute approximate surface area is 130 Å². The molecule has 0 atom stereocenters. The maximum atomic E-state index is 12.0. The second-order valence-electron chi connectivity index (χ2n) is 4.28. The Balaban J connectivity index is 2.12. The van der Waals surface area contributed by atoms with Crippen LogP contribution >= 0.6 is 47.0 Å². The first-order valence-corrected chi connectivity index (χ1v) is 9.01. The lowest BCUT2D eigenvalue weighted by atomic mass is 10.2. The Bertz CT molecular complexity index is 539. The molecule has 0 aromatic carbocycles. The summed E-state index contributed by atoms with van der Waals surface area (Å²) in [7, 11) is 0. The molecule has 19 heavy (non-hydrogen) atoms. The standard InChI is InChI=1S/C13H14O2S4/c1-6(14)5-10(15)11-9(4)18-13(19-11)12-16-7(2)8(3)17-12/h5H2,1-4H3. The summed E-state index contributed by atoms with van der Waals surface area (Å²) >= 11 is 6.73. The predicted octanol–water partition coefficient (Wildman–Crippen LogP) is 5.10. The number of rotatable bonds is 3. The molecule has 2 aliphatic rings. The minimum atomic E-state index is -0.0741. The van der Waals surface area contributed by atoms with Crippen LogP contribution in [-0.4, -0.2) is 11.6 Å². The number of Topliss-reactive ketones (excluding diaryl/α,β-unsaturated/α-hetero) is 2. The van der Waals surface area contributed by atoms with Crippen LogP contribution in [0, 0.1) is 0 Å². The zero-order chi connectivity index (χ0) is 14.2. The van der Waals surface area contributed by atoms with Crippen LogP contribution in [0.2, 0.25) is 0 Å². The van der Waals surface area contributed by atoms with Crippen molar-refractivity contribution in [1.29, 1.82) is 0 Å². The van der Waals surface area contributed by atoms with Crippen LogP contribution < -0.4 is 0 Å². The van der Waals surface area contributed by atoms with E-state index in [1.165, 1.54) is 37.0 Å². The third kappa shape index (κ3) is 3.54. The molecule has 0 saturated carbocycles. The van der Waals surface area contributed by atoms with Crippen molar-refractivity contribution in [1.82, 2.24) is 0 Å². The number of thioether (sulfide) groups is 4. The highest BCUT2D eigenvalue weighted by molar-refractivity contribution is 8.34. The lowest BCUT2D eigenvalue weighted by molar-refractivity contribution is -0.123. The van der Waals surface area contributed by atoms with Gasteiger partial charge in [-0.2, -0.15) is 0 Å². The van der Waals surface area contributed by atoms with E-state index in [-0.39, 0.29) is 18.0 Å². The minimum Gasteiger partial charge on any atom is -0.300 e. The topological polar surface area (TPSA) is 34.1 Å². The molecule has 0 amide bonds. The van der Waals surface area contributed by atoms with Crippen molar-refractivity contribution in [3.8, 4) is 0 Å². The Morgan fingerprint density at radius 1 is 0.842 bits per heavy atom. The molecule has 0 fully saturated rings. The number of hydrogen-bond donors (Lipinski definition) is 0. The molecule has 6 heteroatoms. The van der Waals surface area contributed by atoms with Gasteiger partial charge in [0.05, 0.1) is 19.8 Å². The van der Waals surface area contributed by atoms with Gasteiger partial charge < -0.3 is 0 Å². The van der Waals surface area contributed by atoms with Gasteiger partial charge in [-0.3, -0.25) is 9.59 Å². The molecular weight excluding hydrogens is 316 g/mol. The van der Waals surface area contributed by atoms with E-state index in [0.29, 0.717) is 0 Å². The Morgan fingerprint density at radius 3 is 1.84 bits per heavy atom. The normalized spacial score (nSPS) is 19.8. The summed E-state index contributed by atoms with van der Waals surface area (Å²) in [5.74, 6) is -0.123. The summed E-state index contributed by atoms with van der Waals surface area (Å²) in [6, 6.07) is 0. The molecule has 0 aliphatic carbocycles. The number of allylic oxidation sites excluding steroid dienone is 4. The average Bonchev–Trinajstić information content (AvgIpc) is 2.82. The molecule has 2 heterocycles. The van der Waals surface area contributed by atoms with E-state index >= 15 is 0 Å². The number of ketones is 2. The van der Waals surface area contributed by atoms with Crippen LogP contribution in [0.15, 0.2) is 28.1 Å². The Morgan fingerprint density at radius 2 is 1.32 bits per heavy atom. The zero-order valence-electron chi connectivity index (χ0n) is 11.2. The summed E-state index contributed by atoms with van der Waals surface area (Å²) in [5, 5.41) is 0. The maximum Gasteiger partial charge on any atom is 0.177 e. The predicted molar refractivity (Wildman–Crippen MR) is 88.8 cm³/mol. The van der Waals surface area contributed by atoms with Gasteiger partial charge in [0.2, 0.25) is 0 Å². The summed E-state index contributed by atoms with van der Waals surface area (Å²) in [6.07, 6.45) is 0.0133. The van der Waals surface area contributed by atoms with Gasteiger partial charge in [0.1, 0.15) is 5.78 Å². The monoisotopic (exact) mass is 330 g/mol.